The summed E-state index contributed by atoms with van der Waals surface area (Å²) in [7, 11) is 0. The monoisotopic (exact) mass is 254 g/mol. The van der Waals surface area contributed by atoms with Gasteiger partial charge in [0.2, 0.25) is 0 Å². The van der Waals surface area contributed by atoms with Crippen LogP contribution < -0.4 is 11.1 Å². The van der Waals surface area contributed by atoms with Crippen LogP contribution in [0.4, 0.5) is 5.69 Å². The van der Waals surface area contributed by atoms with Crippen LogP contribution >= 0.6 is 11.3 Å². The summed E-state index contributed by atoms with van der Waals surface area (Å²) in [4.78, 5) is 12.3. The molecule has 1 aromatic rings. The second kappa shape index (κ2) is 6.02. The fourth-order valence-corrected chi connectivity index (χ4v) is 2.76. The molecule has 1 aromatic heterocycles. The first-order valence-electron chi connectivity index (χ1n) is 6.00. The summed E-state index contributed by atoms with van der Waals surface area (Å²) < 4.78 is 5.66. The third kappa shape index (κ3) is 3.44. The Bertz CT molecular complexity index is 372. The van der Waals surface area contributed by atoms with E-state index in [-0.39, 0.29) is 5.91 Å². The van der Waals surface area contributed by atoms with Gasteiger partial charge in [-0.1, -0.05) is 12.8 Å². The van der Waals surface area contributed by atoms with Gasteiger partial charge < -0.3 is 15.8 Å². The number of ether oxygens (including phenoxy) is 1. The Morgan fingerprint density at radius 3 is 2.94 bits per heavy atom. The highest BCUT2D eigenvalue weighted by Gasteiger charge is 2.15. The molecule has 0 saturated heterocycles. The van der Waals surface area contributed by atoms with Crippen LogP contribution in [-0.2, 0) is 4.74 Å². The van der Waals surface area contributed by atoms with Gasteiger partial charge in [-0.15, -0.1) is 11.3 Å². The fourth-order valence-electron chi connectivity index (χ4n) is 2.03. The quantitative estimate of drug-likeness (QED) is 0.790. The van der Waals surface area contributed by atoms with Gasteiger partial charge in [0.15, 0.2) is 0 Å². The van der Waals surface area contributed by atoms with Gasteiger partial charge in [0.25, 0.3) is 5.91 Å². The van der Waals surface area contributed by atoms with Crippen LogP contribution in [0.15, 0.2) is 11.4 Å². The average Bonchev–Trinajstić information content (AvgIpc) is 2.95. The van der Waals surface area contributed by atoms with Crippen LogP contribution in [0, 0.1) is 0 Å². The molecule has 94 valence electrons. The Labute approximate surface area is 105 Å². The molecule has 5 heteroatoms. The van der Waals surface area contributed by atoms with Crippen LogP contribution in [0.25, 0.3) is 0 Å². The molecule has 0 bridgehead atoms. The molecular formula is C12H18N2O2S. The van der Waals surface area contributed by atoms with Gasteiger partial charge in [-0.25, -0.2) is 0 Å². The first-order chi connectivity index (χ1) is 8.27. The van der Waals surface area contributed by atoms with Crippen molar-refractivity contribution in [3.05, 3.63) is 16.3 Å². The van der Waals surface area contributed by atoms with Gasteiger partial charge in [-0.3, -0.25) is 4.79 Å². The van der Waals surface area contributed by atoms with E-state index in [1.165, 1.54) is 24.2 Å². The number of hydrogen-bond donors (Lipinski definition) is 2. The number of nitrogen functional groups attached to an aromatic ring is 1. The number of carbonyl (C=O) groups is 1. The van der Waals surface area contributed by atoms with E-state index in [0.717, 1.165) is 12.8 Å². The fraction of sp³-hybridized carbons (Fsp3) is 0.583. The summed E-state index contributed by atoms with van der Waals surface area (Å²) in [6, 6.07) is 1.74. The summed E-state index contributed by atoms with van der Waals surface area (Å²) in [5, 5.41) is 4.64. The lowest BCUT2D eigenvalue weighted by molar-refractivity contribution is 0.0582. The molecule has 3 N–H and O–H groups in total. The van der Waals surface area contributed by atoms with Gasteiger partial charge in [0.1, 0.15) is 4.88 Å². The van der Waals surface area contributed by atoms with Gasteiger partial charge in [-0.2, -0.15) is 0 Å². The van der Waals surface area contributed by atoms with E-state index in [2.05, 4.69) is 5.32 Å². The summed E-state index contributed by atoms with van der Waals surface area (Å²) in [6.07, 6.45) is 5.25. The maximum atomic E-state index is 11.7. The van der Waals surface area contributed by atoms with E-state index < -0.39 is 0 Å². The summed E-state index contributed by atoms with van der Waals surface area (Å²) >= 11 is 1.36. The van der Waals surface area contributed by atoms with Crippen LogP contribution in [0.2, 0.25) is 0 Å². The molecule has 17 heavy (non-hydrogen) atoms. The number of rotatable bonds is 5. The molecule has 0 aliphatic heterocycles. The van der Waals surface area contributed by atoms with E-state index in [4.69, 9.17) is 10.5 Å². The van der Waals surface area contributed by atoms with Crippen LogP contribution in [0.5, 0.6) is 0 Å². The molecule has 0 radical (unpaired) electrons. The molecule has 1 saturated carbocycles. The Morgan fingerprint density at radius 2 is 2.29 bits per heavy atom. The SMILES string of the molecule is Nc1ccsc1C(=O)NCCOC1CCCC1. The lowest BCUT2D eigenvalue weighted by atomic mass is 10.3. The maximum absolute atomic E-state index is 11.7. The smallest absolute Gasteiger partial charge is 0.263 e. The number of nitrogens with one attached hydrogen (secondary N) is 1. The molecule has 0 unspecified atom stereocenters. The minimum absolute atomic E-state index is 0.104. The highest BCUT2D eigenvalue weighted by molar-refractivity contribution is 7.12. The summed E-state index contributed by atoms with van der Waals surface area (Å²) in [5.41, 5.74) is 6.21. The van der Waals surface area contributed by atoms with Crippen molar-refractivity contribution in [3.8, 4) is 0 Å². The summed E-state index contributed by atoms with van der Waals surface area (Å²) in [5.74, 6) is -0.104. The maximum Gasteiger partial charge on any atom is 0.263 e. The predicted molar refractivity (Wildman–Crippen MR) is 69.3 cm³/mol. The Kier molecular flexibility index (Phi) is 4.39. The zero-order valence-corrected chi connectivity index (χ0v) is 10.6. The van der Waals surface area contributed by atoms with Crippen molar-refractivity contribution in [1.82, 2.24) is 5.32 Å². The lowest BCUT2D eigenvalue weighted by Crippen LogP contribution is -2.28. The normalized spacial score (nSPS) is 16.2. The van der Waals surface area contributed by atoms with Crippen molar-refractivity contribution < 1.29 is 9.53 Å². The molecule has 0 atom stereocenters. The Morgan fingerprint density at radius 1 is 1.53 bits per heavy atom. The third-order valence-corrected chi connectivity index (χ3v) is 3.87. The van der Waals surface area contributed by atoms with Crippen molar-refractivity contribution in [2.75, 3.05) is 18.9 Å². The predicted octanol–water partition coefficient (Wildman–Crippen LogP) is 2.02. The van der Waals surface area contributed by atoms with E-state index in [1.54, 1.807) is 6.07 Å². The van der Waals surface area contributed by atoms with Gasteiger partial charge >= 0.3 is 0 Å². The number of carbonyl (C=O) groups excluding carboxylic acids is 1. The zero-order valence-electron chi connectivity index (χ0n) is 9.78. The van der Waals surface area contributed by atoms with Crippen molar-refractivity contribution in [1.29, 1.82) is 0 Å². The summed E-state index contributed by atoms with van der Waals surface area (Å²) in [6.45, 7) is 1.13. The number of hydrogen-bond acceptors (Lipinski definition) is 4. The molecule has 1 amide bonds. The number of anilines is 1. The molecule has 0 spiro atoms. The lowest BCUT2D eigenvalue weighted by Gasteiger charge is -2.11. The van der Waals surface area contributed by atoms with Crippen molar-refractivity contribution >= 4 is 22.9 Å². The van der Waals surface area contributed by atoms with Gasteiger partial charge in [0, 0.05) is 6.54 Å². The zero-order chi connectivity index (χ0) is 12.1. The van der Waals surface area contributed by atoms with Crippen LogP contribution in [-0.4, -0.2) is 25.2 Å². The van der Waals surface area contributed by atoms with Crippen molar-refractivity contribution in [3.63, 3.8) is 0 Å². The molecule has 4 nitrogen and oxygen atoms in total. The van der Waals surface area contributed by atoms with Crippen molar-refractivity contribution in [2.24, 2.45) is 0 Å². The number of amides is 1. The second-order valence-corrected chi connectivity index (χ2v) is 5.15. The largest absolute Gasteiger partial charge is 0.397 e. The third-order valence-electron chi connectivity index (χ3n) is 2.95. The molecule has 2 rings (SSSR count). The highest BCUT2D eigenvalue weighted by atomic mass is 32.1. The van der Waals surface area contributed by atoms with E-state index in [1.807, 2.05) is 5.38 Å². The highest BCUT2D eigenvalue weighted by Crippen LogP contribution is 2.20. The first-order valence-corrected chi connectivity index (χ1v) is 6.88. The Hall–Kier alpha value is -1.07. The van der Waals surface area contributed by atoms with Gasteiger partial charge in [0.05, 0.1) is 18.4 Å². The van der Waals surface area contributed by atoms with Gasteiger partial charge in [-0.05, 0) is 24.3 Å². The average molecular weight is 254 g/mol. The topological polar surface area (TPSA) is 64.4 Å². The molecule has 1 fully saturated rings. The van der Waals surface area contributed by atoms with E-state index in [9.17, 15) is 4.79 Å². The van der Waals surface area contributed by atoms with E-state index >= 15 is 0 Å². The van der Waals surface area contributed by atoms with Crippen LogP contribution in [0.1, 0.15) is 35.4 Å². The minimum Gasteiger partial charge on any atom is -0.397 e. The first kappa shape index (κ1) is 12.4. The second-order valence-electron chi connectivity index (χ2n) is 4.24. The Balaban J connectivity index is 1.65. The minimum atomic E-state index is -0.104. The standard InChI is InChI=1S/C12H18N2O2S/c13-10-5-8-17-11(10)12(15)14-6-7-16-9-3-1-2-4-9/h5,8-9H,1-4,6-7,13H2,(H,14,15). The molecule has 1 aliphatic carbocycles. The molecule has 1 heterocycles. The number of thiophene rings is 1. The molecule has 1 aliphatic rings. The van der Waals surface area contributed by atoms with Crippen molar-refractivity contribution in [2.45, 2.75) is 31.8 Å². The van der Waals surface area contributed by atoms with E-state index in [0.29, 0.717) is 29.8 Å². The van der Waals surface area contributed by atoms with Crippen LogP contribution in [0.3, 0.4) is 0 Å². The number of nitrogens with two attached hydrogens (primary N) is 1. The molecule has 0 aromatic carbocycles. The molecular weight excluding hydrogens is 236 g/mol.